The van der Waals surface area contributed by atoms with Crippen LogP contribution in [0.5, 0.6) is 0 Å². The van der Waals surface area contributed by atoms with Crippen LogP contribution in [0.2, 0.25) is 0 Å². The summed E-state index contributed by atoms with van der Waals surface area (Å²) in [5.74, 6) is -1.58. The summed E-state index contributed by atoms with van der Waals surface area (Å²) in [4.78, 5) is 38.1. The Morgan fingerprint density at radius 2 is 1.92 bits per heavy atom. The van der Waals surface area contributed by atoms with Crippen LogP contribution in [0.4, 0.5) is 5.69 Å². The van der Waals surface area contributed by atoms with Crippen molar-refractivity contribution in [1.29, 1.82) is 0 Å². The number of H-pyrrole nitrogens is 1. The topological polar surface area (TPSA) is 112 Å². The molecule has 1 aromatic carbocycles. The van der Waals surface area contributed by atoms with E-state index in [0.29, 0.717) is 10.9 Å². The van der Waals surface area contributed by atoms with E-state index in [9.17, 15) is 19.7 Å². The van der Waals surface area contributed by atoms with E-state index in [-0.39, 0.29) is 27.8 Å². The number of carbonyl (C=O) groups excluding carboxylic acids is 2. The lowest BCUT2D eigenvalue weighted by atomic mass is 10.1. The molecule has 8 nitrogen and oxygen atoms in total. The highest BCUT2D eigenvalue weighted by Crippen LogP contribution is 2.33. The van der Waals surface area contributed by atoms with Gasteiger partial charge in [-0.2, -0.15) is 0 Å². The fourth-order valence-corrected chi connectivity index (χ4v) is 2.68. The molecule has 2 rings (SSSR count). The Morgan fingerprint density at radius 1 is 1.28 bits per heavy atom. The number of nitrogens with zero attached hydrogens (tertiary/aromatic N) is 1. The molecule has 1 heterocycles. The predicted molar refractivity (Wildman–Crippen MR) is 94.1 cm³/mol. The van der Waals surface area contributed by atoms with Gasteiger partial charge >= 0.3 is 11.9 Å². The van der Waals surface area contributed by atoms with Crippen LogP contribution in [0.3, 0.4) is 0 Å². The Hall–Kier alpha value is -2.42. The Morgan fingerprint density at radius 3 is 2.40 bits per heavy atom. The van der Waals surface area contributed by atoms with Crippen molar-refractivity contribution in [3.8, 4) is 0 Å². The molecule has 0 spiro atoms. The molecule has 0 aliphatic rings. The largest absolute Gasteiger partial charge is 0.464 e. The number of esters is 2. The lowest BCUT2D eigenvalue weighted by Crippen LogP contribution is -2.25. The number of rotatable bonds is 4. The lowest BCUT2D eigenvalue weighted by Gasteiger charge is -2.19. The maximum absolute atomic E-state index is 12.6. The van der Waals surface area contributed by atoms with Crippen LogP contribution >= 0.6 is 15.9 Å². The van der Waals surface area contributed by atoms with Crippen molar-refractivity contribution in [1.82, 2.24) is 4.98 Å². The number of fused-ring (bicyclic) bond motifs is 1. The van der Waals surface area contributed by atoms with Gasteiger partial charge in [-0.15, -0.1) is 0 Å². The second-order valence-corrected chi connectivity index (χ2v) is 6.86. The number of nitrogens with one attached hydrogen (secondary N) is 1. The van der Waals surface area contributed by atoms with Gasteiger partial charge in [-0.1, -0.05) is 15.9 Å². The molecule has 0 bridgehead atoms. The van der Waals surface area contributed by atoms with Gasteiger partial charge in [0.05, 0.1) is 12.0 Å². The molecule has 0 saturated carbocycles. The molecular weight excluding hydrogens is 396 g/mol. The van der Waals surface area contributed by atoms with Crippen molar-refractivity contribution in [2.75, 3.05) is 7.11 Å². The Kier molecular flexibility index (Phi) is 5.17. The number of nitro benzene ring substituents is 1. The first-order chi connectivity index (χ1) is 11.6. The average Bonchev–Trinajstić information content (AvgIpc) is 2.90. The average molecular weight is 413 g/mol. The Bertz CT molecular complexity index is 866. The summed E-state index contributed by atoms with van der Waals surface area (Å²) in [5, 5.41) is 12.0. The van der Waals surface area contributed by atoms with Gasteiger partial charge in [-0.05, 0) is 32.4 Å². The van der Waals surface area contributed by atoms with Gasteiger partial charge in [0, 0.05) is 16.8 Å². The van der Waals surface area contributed by atoms with E-state index >= 15 is 0 Å². The number of benzene rings is 1. The normalized spacial score (nSPS) is 11.4. The fraction of sp³-hybridized carbons (Fsp3) is 0.375. The molecule has 134 valence electrons. The van der Waals surface area contributed by atoms with E-state index in [0.717, 1.165) is 7.11 Å². The van der Waals surface area contributed by atoms with Crippen LogP contribution in [-0.4, -0.2) is 34.6 Å². The number of ether oxygens (including phenoxy) is 2. The summed E-state index contributed by atoms with van der Waals surface area (Å²) < 4.78 is 10.0. The highest BCUT2D eigenvalue weighted by Gasteiger charge is 2.31. The molecule has 25 heavy (non-hydrogen) atoms. The Balaban J connectivity index is 2.84. The molecule has 1 aromatic heterocycles. The third-order valence-corrected chi connectivity index (χ3v) is 3.94. The molecule has 0 radical (unpaired) electrons. The van der Waals surface area contributed by atoms with E-state index in [1.54, 1.807) is 26.8 Å². The van der Waals surface area contributed by atoms with Gasteiger partial charge in [0.1, 0.15) is 22.4 Å². The predicted octanol–water partition coefficient (Wildman–Crippen LogP) is 3.71. The van der Waals surface area contributed by atoms with Gasteiger partial charge in [0.15, 0.2) is 0 Å². The van der Waals surface area contributed by atoms with Crippen molar-refractivity contribution in [3.63, 3.8) is 0 Å². The molecule has 0 amide bonds. The zero-order valence-corrected chi connectivity index (χ0v) is 15.7. The maximum atomic E-state index is 12.6. The number of carbonyl (C=O) groups is 2. The van der Waals surface area contributed by atoms with Crippen LogP contribution in [-0.2, 0) is 14.8 Å². The number of non-ortho nitro benzene ring substituents is 1. The number of hydrogen-bond acceptors (Lipinski definition) is 6. The lowest BCUT2D eigenvalue weighted by molar-refractivity contribution is -0.383. The highest BCUT2D eigenvalue weighted by atomic mass is 79.9. The zero-order chi connectivity index (χ0) is 18.9. The number of aromatic amines is 1. The second-order valence-electron chi connectivity index (χ2n) is 6.30. The maximum Gasteiger partial charge on any atom is 0.355 e. The van der Waals surface area contributed by atoms with Crippen LogP contribution in [0, 0.1) is 10.1 Å². The number of aromatic nitrogens is 1. The van der Waals surface area contributed by atoms with E-state index in [1.807, 2.05) is 0 Å². The summed E-state index contributed by atoms with van der Waals surface area (Å²) in [6.45, 7) is 5.05. The molecule has 0 aliphatic heterocycles. The zero-order valence-electron chi connectivity index (χ0n) is 14.1. The summed E-state index contributed by atoms with van der Waals surface area (Å²) in [5.41, 5.74) is -0.654. The van der Waals surface area contributed by atoms with Crippen molar-refractivity contribution >= 4 is 44.5 Å². The first-order valence-corrected chi connectivity index (χ1v) is 8.41. The SMILES string of the molecule is COC(=O)c1[nH]c2c([N+](=O)[O-])cc(CBr)cc2c1C(=O)OC(C)(C)C. The summed E-state index contributed by atoms with van der Waals surface area (Å²) in [6.07, 6.45) is 0. The van der Waals surface area contributed by atoms with Crippen molar-refractivity contribution < 1.29 is 24.0 Å². The number of methoxy groups -OCH3 is 1. The van der Waals surface area contributed by atoms with Gasteiger partial charge in [-0.25, -0.2) is 9.59 Å². The van der Waals surface area contributed by atoms with Crippen molar-refractivity contribution in [2.24, 2.45) is 0 Å². The summed E-state index contributed by atoms with van der Waals surface area (Å²) in [7, 11) is 1.16. The quantitative estimate of drug-likeness (QED) is 0.354. The first-order valence-electron chi connectivity index (χ1n) is 7.29. The molecule has 2 aromatic rings. The van der Waals surface area contributed by atoms with Crippen LogP contribution in [0.1, 0.15) is 47.2 Å². The smallest absolute Gasteiger partial charge is 0.355 e. The van der Waals surface area contributed by atoms with Gasteiger partial charge < -0.3 is 14.5 Å². The molecule has 0 atom stereocenters. The van der Waals surface area contributed by atoms with E-state index < -0.39 is 22.5 Å². The minimum Gasteiger partial charge on any atom is -0.464 e. The third-order valence-electron chi connectivity index (χ3n) is 3.29. The van der Waals surface area contributed by atoms with E-state index in [2.05, 4.69) is 25.7 Å². The van der Waals surface area contributed by atoms with Gasteiger partial charge in [0.25, 0.3) is 5.69 Å². The third kappa shape index (κ3) is 3.81. The molecule has 1 N–H and O–H groups in total. The summed E-state index contributed by atoms with van der Waals surface area (Å²) in [6, 6.07) is 2.97. The highest BCUT2D eigenvalue weighted by molar-refractivity contribution is 9.08. The van der Waals surface area contributed by atoms with Gasteiger partial charge in [-0.3, -0.25) is 10.1 Å². The Labute approximate surface area is 151 Å². The van der Waals surface area contributed by atoms with Crippen LogP contribution in [0.15, 0.2) is 12.1 Å². The number of hydrogen-bond donors (Lipinski definition) is 1. The minimum atomic E-state index is -0.813. The number of alkyl halides is 1. The molecule has 9 heteroatoms. The standard InChI is InChI=1S/C16H17BrN2O6/c1-16(2,3)25-14(20)11-9-5-8(7-17)6-10(19(22)23)12(9)18-13(11)15(21)24-4/h5-6,18H,7H2,1-4H3. The molecule has 0 saturated heterocycles. The molecule has 0 unspecified atom stereocenters. The monoisotopic (exact) mass is 412 g/mol. The van der Waals surface area contributed by atoms with Crippen LogP contribution < -0.4 is 0 Å². The summed E-state index contributed by atoms with van der Waals surface area (Å²) >= 11 is 3.25. The van der Waals surface area contributed by atoms with Gasteiger partial charge in [0.2, 0.25) is 0 Å². The fourth-order valence-electron chi connectivity index (χ4n) is 2.35. The first kappa shape index (κ1) is 18.9. The van der Waals surface area contributed by atoms with E-state index in [4.69, 9.17) is 4.74 Å². The van der Waals surface area contributed by atoms with Crippen molar-refractivity contribution in [3.05, 3.63) is 39.1 Å². The minimum absolute atomic E-state index is 0.0657. The molecule has 0 aliphatic carbocycles. The molecule has 0 fully saturated rings. The molecular formula is C16H17BrN2O6. The number of nitro groups is 1. The van der Waals surface area contributed by atoms with Crippen molar-refractivity contribution in [2.45, 2.75) is 31.7 Å². The number of halogens is 1. The second kappa shape index (κ2) is 6.83. The van der Waals surface area contributed by atoms with E-state index in [1.165, 1.54) is 6.07 Å². The van der Waals surface area contributed by atoms with Crippen LogP contribution in [0.25, 0.3) is 10.9 Å².